The topological polar surface area (TPSA) is 12.9 Å². The van der Waals surface area contributed by atoms with Gasteiger partial charge in [0.1, 0.15) is 0 Å². The average Bonchev–Trinajstić information content (AvgIpc) is 2.04. The standard InChI is InChI=1S/C8H7F3NS.Y/c1-2-13-7-4-3-6(5-12-7)8(9,10)11;/h3-5H,1-2H2;/q-1;. The molecule has 0 fully saturated rings. The van der Waals surface area contributed by atoms with Gasteiger partial charge in [0, 0.05) is 38.9 Å². The molecule has 0 spiro atoms. The molecule has 1 radical (unpaired) electrons. The first kappa shape index (κ1) is 14.4. The SMILES string of the molecule is [CH2-]CSc1ccc(C(F)(F)F)cn1.[Y]. The van der Waals surface area contributed by atoms with Gasteiger partial charge in [-0.25, -0.2) is 4.98 Å². The summed E-state index contributed by atoms with van der Waals surface area (Å²) >= 11 is 1.31. The van der Waals surface area contributed by atoms with Gasteiger partial charge in [-0.15, -0.1) is 17.5 Å². The first-order chi connectivity index (χ1) is 6.04. The van der Waals surface area contributed by atoms with Gasteiger partial charge in [0.15, 0.2) is 0 Å². The Balaban J connectivity index is 0.00000169. The van der Waals surface area contributed by atoms with Crippen LogP contribution in [0.4, 0.5) is 13.2 Å². The van der Waals surface area contributed by atoms with E-state index in [4.69, 9.17) is 0 Å². The maximum Gasteiger partial charge on any atom is 0.417 e. The summed E-state index contributed by atoms with van der Waals surface area (Å²) < 4.78 is 36.1. The smallest absolute Gasteiger partial charge is 0.333 e. The van der Waals surface area contributed by atoms with Gasteiger partial charge in [0.25, 0.3) is 0 Å². The van der Waals surface area contributed by atoms with Crippen LogP contribution in [0, 0.1) is 6.92 Å². The maximum absolute atomic E-state index is 12.0. The number of thioether (sulfide) groups is 1. The summed E-state index contributed by atoms with van der Waals surface area (Å²) in [6, 6.07) is 2.36. The molecule has 1 aromatic heterocycles. The van der Waals surface area contributed by atoms with Crippen molar-refractivity contribution in [3.8, 4) is 0 Å². The molecular formula is C8H7F3NSY-. The summed E-state index contributed by atoms with van der Waals surface area (Å²) in [5.74, 6) is 0.554. The molecule has 1 aromatic rings. The second kappa shape index (κ2) is 6.08. The number of aromatic nitrogens is 1. The van der Waals surface area contributed by atoms with Crippen LogP contribution in [0.3, 0.4) is 0 Å². The van der Waals surface area contributed by atoms with Crippen molar-refractivity contribution in [2.75, 3.05) is 5.75 Å². The van der Waals surface area contributed by atoms with Gasteiger partial charge in [0.05, 0.1) is 10.6 Å². The average molecular weight is 295 g/mol. The van der Waals surface area contributed by atoms with Crippen molar-refractivity contribution in [3.05, 3.63) is 30.8 Å². The Morgan fingerprint density at radius 2 is 2.00 bits per heavy atom. The Morgan fingerprint density at radius 1 is 1.36 bits per heavy atom. The van der Waals surface area contributed by atoms with E-state index >= 15 is 0 Å². The molecule has 0 aliphatic rings. The van der Waals surface area contributed by atoms with E-state index in [1.54, 1.807) is 0 Å². The molecule has 0 aliphatic carbocycles. The largest absolute Gasteiger partial charge is 0.417 e. The van der Waals surface area contributed by atoms with Crippen LogP contribution in [-0.4, -0.2) is 10.7 Å². The van der Waals surface area contributed by atoms with Crippen molar-refractivity contribution in [2.24, 2.45) is 0 Å². The molecule has 1 rings (SSSR count). The maximum atomic E-state index is 12.0. The molecule has 0 bridgehead atoms. The fraction of sp³-hybridized carbons (Fsp3) is 0.250. The van der Waals surface area contributed by atoms with Crippen LogP contribution >= 0.6 is 11.8 Å². The van der Waals surface area contributed by atoms with Crippen molar-refractivity contribution >= 4 is 11.8 Å². The zero-order valence-corrected chi connectivity index (χ0v) is 10.9. The normalized spacial score (nSPS) is 10.9. The summed E-state index contributed by atoms with van der Waals surface area (Å²) in [7, 11) is 0. The van der Waals surface area contributed by atoms with E-state index in [0.29, 0.717) is 10.8 Å². The van der Waals surface area contributed by atoms with Crippen molar-refractivity contribution in [1.29, 1.82) is 0 Å². The van der Waals surface area contributed by atoms with Gasteiger partial charge >= 0.3 is 6.18 Å². The van der Waals surface area contributed by atoms with Crippen molar-refractivity contribution in [2.45, 2.75) is 11.2 Å². The Hall–Kier alpha value is 0.394. The van der Waals surface area contributed by atoms with Crippen LogP contribution in [0.25, 0.3) is 0 Å². The third-order valence-electron chi connectivity index (χ3n) is 1.31. The summed E-state index contributed by atoms with van der Waals surface area (Å²) in [4.78, 5) is 3.64. The molecule has 0 aliphatic heterocycles. The van der Waals surface area contributed by atoms with Gasteiger partial charge in [-0.05, 0) is 12.1 Å². The summed E-state index contributed by atoms with van der Waals surface area (Å²) in [6.07, 6.45) is -3.47. The molecule has 0 atom stereocenters. The van der Waals surface area contributed by atoms with Crippen LogP contribution in [-0.2, 0) is 38.9 Å². The van der Waals surface area contributed by atoms with E-state index in [2.05, 4.69) is 11.9 Å². The van der Waals surface area contributed by atoms with E-state index in [9.17, 15) is 13.2 Å². The Kier molecular flexibility index (Phi) is 6.25. The molecule has 0 amide bonds. The monoisotopic (exact) mass is 295 g/mol. The quantitative estimate of drug-likeness (QED) is 0.614. The Morgan fingerprint density at radius 3 is 2.36 bits per heavy atom. The van der Waals surface area contributed by atoms with Crippen LogP contribution in [0.2, 0.25) is 0 Å². The van der Waals surface area contributed by atoms with E-state index in [0.717, 1.165) is 12.3 Å². The van der Waals surface area contributed by atoms with Gasteiger partial charge in [-0.2, -0.15) is 13.2 Å². The number of halogens is 3. The molecule has 1 heterocycles. The predicted molar refractivity (Wildman–Crippen MR) is 45.3 cm³/mol. The second-order valence-electron chi connectivity index (χ2n) is 2.23. The zero-order chi connectivity index (χ0) is 9.90. The van der Waals surface area contributed by atoms with Crippen LogP contribution in [0.5, 0.6) is 0 Å². The van der Waals surface area contributed by atoms with Gasteiger partial charge in [-0.3, -0.25) is 0 Å². The second-order valence-corrected chi connectivity index (χ2v) is 3.35. The number of hydrogen-bond donors (Lipinski definition) is 0. The molecule has 0 N–H and O–H groups in total. The van der Waals surface area contributed by atoms with Crippen LogP contribution < -0.4 is 0 Å². The first-order valence-electron chi connectivity index (χ1n) is 3.49. The van der Waals surface area contributed by atoms with Crippen molar-refractivity contribution in [3.63, 3.8) is 0 Å². The summed E-state index contributed by atoms with van der Waals surface area (Å²) in [6.45, 7) is 3.55. The number of hydrogen-bond acceptors (Lipinski definition) is 2. The number of nitrogens with zero attached hydrogens (tertiary/aromatic N) is 1. The number of rotatable bonds is 2. The van der Waals surface area contributed by atoms with Crippen LogP contribution in [0.15, 0.2) is 23.4 Å². The van der Waals surface area contributed by atoms with Gasteiger partial charge in [-0.1, -0.05) is 0 Å². The minimum Gasteiger partial charge on any atom is -0.333 e. The first-order valence-corrected chi connectivity index (χ1v) is 4.48. The van der Waals surface area contributed by atoms with E-state index in [1.165, 1.54) is 17.8 Å². The third-order valence-corrected chi connectivity index (χ3v) is 2.05. The van der Waals surface area contributed by atoms with E-state index in [-0.39, 0.29) is 32.7 Å². The van der Waals surface area contributed by atoms with Gasteiger partial charge < -0.3 is 6.92 Å². The molecule has 75 valence electrons. The minimum atomic E-state index is -4.30. The third kappa shape index (κ3) is 4.28. The summed E-state index contributed by atoms with van der Waals surface area (Å²) in [5.41, 5.74) is -0.721. The Bertz CT molecular complexity index is 273. The molecule has 0 unspecified atom stereocenters. The molecule has 0 aromatic carbocycles. The number of pyridine rings is 1. The van der Waals surface area contributed by atoms with Crippen molar-refractivity contribution < 1.29 is 45.9 Å². The van der Waals surface area contributed by atoms with Crippen LogP contribution in [0.1, 0.15) is 5.56 Å². The molecule has 14 heavy (non-hydrogen) atoms. The molecule has 6 heteroatoms. The Labute approximate surface area is 110 Å². The molecule has 1 nitrogen and oxygen atoms in total. The molecule has 0 saturated heterocycles. The zero-order valence-electron chi connectivity index (χ0n) is 7.21. The summed E-state index contributed by atoms with van der Waals surface area (Å²) in [5, 5.41) is 0.558. The number of alkyl halides is 3. The fourth-order valence-electron chi connectivity index (χ4n) is 0.738. The molecule has 0 saturated carbocycles. The predicted octanol–water partition coefficient (Wildman–Crippen LogP) is 3.02. The fourth-order valence-corrected chi connectivity index (χ4v) is 1.24. The van der Waals surface area contributed by atoms with E-state index in [1.807, 2.05) is 0 Å². The molecular weight excluding hydrogens is 288 g/mol. The van der Waals surface area contributed by atoms with Gasteiger partial charge in [0.2, 0.25) is 0 Å². The van der Waals surface area contributed by atoms with Crippen molar-refractivity contribution in [1.82, 2.24) is 4.98 Å². The van der Waals surface area contributed by atoms with E-state index < -0.39 is 11.7 Å². The minimum absolute atomic E-state index is 0.